The average Bonchev–Trinajstić information content (AvgIpc) is 3.30. The molecular formula is C29H29ClN4O2S. The topological polar surface area (TPSA) is 57.6 Å². The molecule has 1 N–H and O–H groups in total. The summed E-state index contributed by atoms with van der Waals surface area (Å²) in [5.41, 5.74) is 2.89. The van der Waals surface area contributed by atoms with Gasteiger partial charge in [0, 0.05) is 77.5 Å². The molecule has 4 aromatic rings. The van der Waals surface area contributed by atoms with Gasteiger partial charge in [0.25, 0.3) is 5.91 Å². The quantitative estimate of drug-likeness (QED) is 0.318. The van der Waals surface area contributed by atoms with E-state index in [0.29, 0.717) is 29.4 Å². The number of nitrogens with one attached hydrogen (secondary N) is 1. The summed E-state index contributed by atoms with van der Waals surface area (Å²) in [4.78, 5) is 30.8. The minimum Gasteiger partial charge on any atom is -0.368 e. The Balaban J connectivity index is 1.16. The van der Waals surface area contributed by atoms with Gasteiger partial charge in [-0.15, -0.1) is 11.8 Å². The molecule has 1 aromatic heterocycles. The Morgan fingerprint density at radius 1 is 0.865 bits per heavy atom. The van der Waals surface area contributed by atoms with Crippen LogP contribution in [0.25, 0.3) is 10.9 Å². The molecule has 0 radical (unpaired) electrons. The smallest absolute Gasteiger partial charge is 0.251 e. The molecule has 1 fully saturated rings. The second-order valence-corrected chi connectivity index (χ2v) is 10.4. The third-order valence-electron chi connectivity index (χ3n) is 6.60. The average molecular weight is 533 g/mol. The van der Waals surface area contributed by atoms with Crippen LogP contribution in [-0.2, 0) is 11.3 Å². The number of aromatic nitrogens is 1. The van der Waals surface area contributed by atoms with E-state index in [1.54, 1.807) is 36.0 Å². The summed E-state index contributed by atoms with van der Waals surface area (Å²) in [6, 6.07) is 25.4. The molecule has 37 heavy (non-hydrogen) atoms. The number of carbonyl (C=O) groups excluding carboxylic acids is 2. The Hall–Kier alpha value is -3.42. The maximum atomic E-state index is 13.0. The Labute approximate surface area is 226 Å². The first-order chi connectivity index (χ1) is 18.1. The first-order valence-electron chi connectivity index (χ1n) is 12.4. The van der Waals surface area contributed by atoms with Crippen LogP contribution in [0.4, 0.5) is 5.69 Å². The van der Waals surface area contributed by atoms with E-state index >= 15 is 0 Å². The standard InChI is InChI=1S/C29H29ClN4O2S/c30-23-12-10-22(11-13-23)29(36)31-14-15-34-20-27(25-8-4-5-9-26(25)34)37-21-28(35)33-18-16-32(17-19-33)24-6-2-1-3-7-24/h1-13,20H,14-19,21H2,(H,31,36). The van der Waals surface area contributed by atoms with Crippen molar-refractivity contribution >= 4 is 51.8 Å². The molecule has 2 amide bonds. The minimum absolute atomic E-state index is 0.124. The maximum absolute atomic E-state index is 13.0. The van der Waals surface area contributed by atoms with Gasteiger partial charge in [-0.2, -0.15) is 0 Å². The third-order valence-corrected chi connectivity index (χ3v) is 7.88. The zero-order chi connectivity index (χ0) is 25.6. The normalized spacial score (nSPS) is 13.6. The maximum Gasteiger partial charge on any atom is 0.251 e. The molecule has 5 rings (SSSR count). The fourth-order valence-electron chi connectivity index (χ4n) is 4.59. The van der Waals surface area contributed by atoms with E-state index in [4.69, 9.17) is 11.6 Å². The van der Waals surface area contributed by atoms with Crippen LogP contribution in [0.1, 0.15) is 10.4 Å². The molecule has 1 aliphatic rings. The van der Waals surface area contributed by atoms with Crippen LogP contribution in [0, 0.1) is 0 Å². The van der Waals surface area contributed by atoms with E-state index in [0.717, 1.165) is 42.0 Å². The van der Waals surface area contributed by atoms with Gasteiger partial charge in [-0.1, -0.05) is 48.0 Å². The molecule has 1 saturated heterocycles. The van der Waals surface area contributed by atoms with Crippen molar-refractivity contribution in [2.45, 2.75) is 11.4 Å². The first kappa shape index (κ1) is 25.2. The predicted octanol–water partition coefficient (Wildman–Crippen LogP) is 5.17. The van der Waals surface area contributed by atoms with Crippen LogP contribution in [0.2, 0.25) is 5.02 Å². The number of nitrogens with zero attached hydrogens (tertiary/aromatic N) is 3. The van der Waals surface area contributed by atoms with Gasteiger partial charge >= 0.3 is 0 Å². The molecule has 1 aliphatic heterocycles. The monoisotopic (exact) mass is 532 g/mol. The van der Waals surface area contributed by atoms with Crippen molar-refractivity contribution < 1.29 is 9.59 Å². The fraction of sp³-hybridized carbons (Fsp3) is 0.241. The lowest BCUT2D eigenvalue weighted by atomic mass is 10.2. The Morgan fingerprint density at radius 3 is 2.32 bits per heavy atom. The minimum atomic E-state index is -0.124. The van der Waals surface area contributed by atoms with Crippen molar-refractivity contribution in [2.24, 2.45) is 0 Å². The number of piperazine rings is 1. The number of benzene rings is 3. The zero-order valence-corrected chi connectivity index (χ0v) is 22.0. The van der Waals surface area contributed by atoms with Crippen LogP contribution >= 0.6 is 23.4 Å². The molecule has 0 aliphatic carbocycles. The highest BCUT2D eigenvalue weighted by Crippen LogP contribution is 2.30. The van der Waals surface area contributed by atoms with E-state index in [-0.39, 0.29) is 11.8 Å². The number of rotatable bonds is 8. The lowest BCUT2D eigenvalue weighted by Crippen LogP contribution is -2.49. The summed E-state index contributed by atoms with van der Waals surface area (Å²) in [7, 11) is 0. The van der Waals surface area contributed by atoms with Crippen LogP contribution in [0.5, 0.6) is 0 Å². The van der Waals surface area contributed by atoms with Crippen molar-refractivity contribution in [3.05, 3.63) is 95.6 Å². The van der Waals surface area contributed by atoms with Crippen LogP contribution in [0.3, 0.4) is 0 Å². The van der Waals surface area contributed by atoms with Gasteiger partial charge in [0.1, 0.15) is 0 Å². The number of para-hydroxylation sites is 2. The highest BCUT2D eigenvalue weighted by molar-refractivity contribution is 8.00. The van der Waals surface area contributed by atoms with E-state index in [1.807, 2.05) is 35.2 Å². The molecule has 2 heterocycles. The number of amides is 2. The lowest BCUT2D eigenvalue weighted by molar-refractivity contribution is -0.128. The summed E-state index contributed by atoms with van der Waals surface area (Å²) in [6.07, 6.45) is 2.09. The number of hydrogen-bond acceptors (Lipinski definition) is 4. The number of halogens is 1. The molecule has 0 saturated carbocycles. The summed E-state index contributed by atoms with van der Waals surface area (Å²) in [6.45, 7) is 4.31. The van der Waals surface area contributed by atoms with Crippen molar-refractivity contribution in [1.82, 2.24) is 14.8 Å². The third kappa shape index (κ3) is 6.12. The number of carbonyl (C=O) groups is 2. The van der Waals surface area contributed by atoms with E-state index in [1.165, 1.54) is 5.69 Å². The van der Waals surface area contributed by atoms with Gasteiger partial charge in [0.15, 0.2) is 0 Å². The molecule has 0 unspecified atom stereocenters. The molecule has 6 nitrogen and oxygen atoms in total. The lowest BCUT2D eigenvalue weighted by Gasteiger charge is -2.36. The molecule has 0 atom stereocenters. The van der Waals surface area contributed by atoms with E-state index < -0.39 is 0 Å². The van der Waals surface area contributed by atoms with E-state index in [9.17, 15) is 9.59 Å². The number of hydrogen-bond donors (Lipinski definition) is 1. The number of anilines is 1. The number of thioether (sulfide) groups is 1. The second-order valence-electron chi connectivity index (χ2n) is 8.96. The second kappa shape index (κ2) is 11.8. The molecular weight excluding hydrogens is 504 g/mol. The summed E-state index contributed by atoms with van der Waals surface area (Å²) in [5.74, 6) is 0.456. The van der Waals surface area contributed by atoms with E-state index in [2.05, 4.69) is 45.2 Å². The van der Waals surface area contributed by atoms with Crippen molar-refractivity contribution in [3.63, 3.8) is 0 Å². The van der Waals surface area contributed by atoms with Gasteiger partial charge in [-0.25, -0.2) is 0 Å². The zero-order valence-electron chi connectivity index (χ0n) is 20.5. The first-order valence-corrected chi connectivity index (χ1v) is 13.8. The Morgan fingerprint density at radius 2 is 1.57 bits per heavy atom. The van der Waals surface area contributed by atoms with Crippen molar-refractivity contribution in [2.75, 3.05) is 43.4 Å². The highest BCUT2D eigenvalue weighted by atomic mass is 35.5. The van der Waals surface area contributed by atoms with Gasteiger partial charge in [-0.3, -0.25) is 9.59 Å². The molecule has 190 valence electrons. The van der Waals surface area contributed by atoms with Crippen LogP contribution < -0.4 is 10.2 Å². The highest BCUT2D eigenvalue weighted by Gasteiger charge is 2.22. The summed E-state index contributed by atoms with van der Waals surface area (Å²) < 4.78 is 2.14. The molecule has 0 bridgehead atoms. The van der Waals surface area contributed by atoms with Gasteiger partial charge in [-0.05, 0) is 42.5 Å². The van der Waals surface area contributed by atoms with Gasteiger partial charge in [0.2, 0.25) is 5.91 Å². The number of fused-ring (bicyclic) bond motifs is 1. The predicted molar refractivity (Wildman–Crippen MR) is 152 cm³/mol. The SMILES string of the molecule is O=C(NCCn1cc(SCC(=O)N2CCN(c3ccccc3)CC2)c2ccccc21)c1ccc(Cl)cc1. The van der Waals surface area contributed by atoms with Gasteiger partial charge < -0.3 is 19.7 Å². The fourth-order valence-corrected chi connectivity index (χ4v) is 5.71. The molecule has 3 aromatic carbocycles. The Kier molecular flexibility index (Phi) is 8.02. The largest absolute Gasteiger partial charge is 0.368 e. The van der Waals surface area contributed by atoms with Crippen LogP contribution in [-0.4, -0.2) is 59.8 Å². The summed E-state index contributed by atoms with van der Waals surface area (Å²) in [5, 5.41) is 4.70. The molecule has 8 heteroatoms. The molecule has 0 spiro atoms. The Bertz CT molecular complexity index is 1370. The van der Waals surface area contributed by atoms with Crippen molar-refractivity contribution in [3.8, 4) is 0 Å². The van der Waals surface area contributed by atoms with Crippen LogP contribution in [0.15, 0.2) is 90.0 Å². The van der Waals surface area contributed by atoms with Gasteiger partial charge in [0.05, 0.1) is 5.75 Å². The summed E-state index contributed by atoms with van der Waals surface area (Å²) >= 11 is 7.50. The van der Waals surface area contributed by atoms with Crippen molar-refractivity contribution in [1.29, 1.82) is 0 Å².